The zero-order valence-corrected chi connectivity index (χ0v) is 30.5. The first kappa shape index (κ1) is 36.2. The molecular formula is C28H57Cl3N7OP3. The monoisotopic (exact) mass is 705 g/mol. The molecule has 0 aromatic rings. The molecule has 5 fully saturated rings. The van der Waals surface area contributed by atoms with Gasteiger partial charge in [0.25, 0.3) is 5.91 Å². The molecule has 0 radical (unpaired) electrons. The van der Waals surface area contributed by atoms with Crippen molar-refractivity contribution in [3.05, 3.63) is 0 Å². The Bertz CT molecular complexity index is 938. The highest BCUT2D eigenvalue weighted by Crippen LogP contribution is 2.76. The molecule has 0 spiro atoms. The van der Waals surface area contributed by atoms with E-state index in [1.54, 1.807) is 0 Å². The molecule has 8 nitrogen and oxygen atoms in total. The van der Waals surface area contributed by atoms with E-state index in [9.17, 15) is 0 Å². The van der Waals surface area contributed by atoms with Crippen LogP contribution >= 0.6 is 43.4 Å². The van der Waals surface area contributed by atoms with Crippen LogP contribution < -0.4 is 37.3 Å². The fraction of sp³-hybridized carbons (Fsp3) is 1.00. The molecule has 1 saturated heterocycles. The summed E-state index contributed by atoms with van der Waals surface area (Å²) in [5, 5.41) is 12.2. The van der Waals surface area contributed by atoms with Crippen LogP contribution in [-0.2, 0) is 4.74 Å². The van der Waals surface area contributed by atoms with Crippen LogP contribution in [0.1, 0.15) is 141 Å². The molecule has 0 amide bonds. The number of ether oxygens (including phenoxy) is 1. The Labute approximate surface area is 272 Å². The van der Waals surface area contributed by atoms with Gasteiger partial charge in [0.1, 0.15) is 6.04 Å². The van der Waals surface area contributed by atoms with Crippen LogP contribution in [0.25, 0.3) is 0 Å². The Balaban J connectivity index is 0.000000612. The highest BCUT2D eigenvalue weighted by atomic mass is 35.9. The lowest BCUT2D eigenvalue weighted by atomic mass is 9.96. The summed E-state index contributed by atoms with van der Waals surface area (Å²) >= 11 is 14.2. The van der Waals surface area contributed by atoms with Crippen LogP contribution in [0.2, 0.25) is 0 Å². The van der Waals surface area contributed by atoms with Gasteiger partial charge in [-0.15, -0.1) is 4.52 Å². The van der Waals surface area contributed by atoms with Crippen molar-refractivity contribution in [2.75, 3.05) is 13.2 Å². The van der Waals surface area contributed by atoms with Crippen LogP contribution in [0.15, 0.2) is 9.03 Å². The molecule has 0 aromatic carbocycles. The van der Waals surface area contributed by atoms with Crippen molar-refractivity contribution in [2.45, 2.75) is 165 Å². The minimum atomic E-state index is -2.87. The average molecular weight is 707 g/mol. The molecule has 4 aliphatic carbocycles. The van der Waals surface area contributed by atoms with Crippen LogP contribution in [0.3, 0.4) is 0 Å². The van der Waals surface area contributed by atoms with Crippen molar-refractivity contribution in [2.24, 2.45) is 9.03 Å². The number of rotatable bonds is 7. The van der Waals surface area contributed by atoms with E-state index in [1.807, 2.05) is 0 Å². The lowest BCUT2D eigenvalue weighted by Crippen LogP contribution is -3.00. The average Bonchev–Trinajstić information content (AvgIpc) is 3.55. The molecule has 4 saturated carbocycles. The predicted molar refractivity (Wildman–Crippen MR) is 178 cm³/mol. The predicted octanol–water partition coefficient (Wildman–Crippen LogP) is 5.89. The first-order valence-corrected chi connectivity index (χ1v) is 24.0. The largest absolute Gasteiger partial charge is 1.00 e. The van der Waals surface area contributed by atoms with E-state index in [-0.39, 0.29) is 12.4 Å². The van der Waals surface area contributed by atoms with Crippen LogP contribution in [0.5, 0.6) is 0 Å². The van der Waals surface area contributed by atoms with E-state index in [4.69, 9.17) is 36.2 Å². The molecule has 6 rings (SSSR count). The molecular weight excluding hydrogens is 650 g/mol. The minimum Gasteiger partial charge on any atom is -1.00 e. The van der Waals surface area contributed by atoms with Gasteiger partial charge in [-0.1, -0.05) is 64.2 Å². The Kier molecular flexibility index (Phi) is 15.6. The molecule has 2 heterocycles. The van der Waals surface area contributed by atoms with Crippen molar-refractivity contribution in [1.82, 2.24) is 20.1 Å². The van der Waals surface area contributed by atoms with Gasteiger partial charge in [-0.3, -0.25) is 10.2 Å². The summed E-state index contributed by atoms with van der Waals surface area (Å²) < 4.78 is 19.4. The molecule has 0 unspecified atom stereocenters. The first-order chi connectivity index (χ1) is 19.9. The van der Waals surface area contributed by atoms with Crippen molar-refractivity contribution in [3.63, 3.8) is 0 Å². The zero-order valence-electron chi connectivity index (χ0n) is 25.6. The van der Waals surface area contributed by atoms with Gasteiger partial charge in [-0.25, -0.2) is 9.83 Å². The Morgan fingerprint density at radius 2 is 1.00 bits per heavy atom. The second-order valence-corrected chi connectivity index (χ2v) is 23.2. The quantitative estimate of drug-likeness (QED) is 0.213. The maximum Gasteiger partial charge on any atom is 0.359 e. The van der Waals surface area contributed by atoms with Gasteiger partial charge in [0, 0.05) is 44.2 Å². The second kappa shape index (κ2) is 18.1. The van der Waals surface area contributed by atoms with Gasteiger partial charge in [0.15, 0.2) is 7.51 Å². The highest BCUT2D eigenvalue weighted by Gasteiger charge is 2.45. The summed E-state index contributed by atoms with van der Waals surface area (Å²) in [5.74, 6) is -2.87. The van der Waals surface area contributed by atoms with Crippen LogP contribution in [0, 0.1) is 0 Å². The SMILES string of the molecule is C1CCOC1.ClP1(Cl)=N[P@](NC2CCCCC2)(=[NH+]C2CCCCC2)NP(NC2CCCCC2)(NC2CCCCC2)=N1.[Cl-]. The van der Waals surface area contributed by atoms with E-state index < -0.39 is 20.9 Å². The van der Waals surface area contributed by atoms with E-state index in [0.717, 1.165) is 13.2 Å². The molecule has 1 atom stereocenters. The van der Waals surface area contributed by atoms with E-state index in [0.29, 0.717) is 24.2 Å². The van der Waals surface area contributed by atoms with Crippen molar-refractivity contribution in [3.8, 4) is 0 Å². The zero-order chi connectivity index (χ0) is 28.4. The molecule has 6 aliphatic rings. The van der Waals surface area contributed by atoms with Crippen LogP contribution in [-0.4, -0.2) is 37.4 Å². The van der Waals surface area contributed by atoms with Gasteiger partial charge in [0.05, 0.1) is 0 Å². The fourth-order valence-corrected chi connectivity index (χ4v) is 21.8. The standard InChI is InChI=1S/C24H48Cl2N7P3.C4H8O.ClH/c25-34(26)31-35(27-21-13-5-1-6-14-21,28-22-15-7-2-8-16-22)33-36(32-34,29-23-17-9-3-10-18-23)30-24-19-11-4-12-20-24;1-2-4-5-3-1;/h21-24,27-28H,1-20H2,(H2,29,30,33);1-4H2;1H. The molecule has 246 valence electrons. The highest BCUT2D eigenvalue weighted by molar-refractivity contribution is 8.13. The van der Waals surface area contributed by atoms with Crippen molar-refractivity contribution < 1.29 is 21.9 Å². The normalized spacial score (nSPS) is 31.1. The summed E-state index contributed by atoms with van der Waals surface area (Å²) in [6, 6.07) is 1.82. The summed E-state index contributed by atoms with van der Waals surface area (Å²) in [6.45, 7) is 2.00. The van der Waals surface area contributed by atoms with Gasteiger partial charge < -0.3 is 17.1 Å². The first-order valence-electron chi connectivity index (χ1n) is 17.0. The summed E-state index contributed by atoms with van der Waals surface area (Å²) in [5.41, 5.74) is 0. The molecule has 14 heteroatoms. The third-order valence-corrected chi connectivity index (χ3v) is 21.1. The van der Waals surface area contributed by atoms with Gasteiger partial charge in [-0.05, 0) is 86.7 Å². The Hall–Kier alpha value is 1.36. The number of hydrogen-bond donors (Lipinski definition) is 5. The summed E-state index contributed by atoms with van der Waals surface area (Å²) in [7, 11) is -4.83. The lowest BCUT2D eigenvalue weighted by Gasteiger charge is -2.41. The number of halogens is 3. The number of nitrogens with zero attached hydrogens (tertiary/aromatic N) is 2. The Morgan fingerprint density at radius 3 is 1.43 bits per heavy atom. The van der Waals surface area contributed by atoms with E-state index in [2.05, 4.69) is 24.9 Å². The van der Waals surface area contributed by atoms with Gasteiger partial charge >= 0.3 is 7.51 Å². The maximum atomic E-state index is 7.11. The van der Waals surface area contributed by atoms with Gasteiger partial charge in [-0.2, -0.15) is 9.37 Å². The third kappa shape index (κ3) is 11.6. The van der Waals surface area contributed by atoms with E-state index >= 15 is 0 Å². The van der Waals surface area contributed by atoms with E-state index in [1.165, 1.54) is 141 Å². The molecule has 0 bridgehead atoms. The lowest BCUT2D eigenvalue weighted by molar-refractivity contribution is -0.489. The van der Waals surface area contributed by atoms with Crippen molar-refractivity contribution >= 4 is 43.4 Å². The molecule has 0 aromatic heterocycles. The second-order valence-electron chi connectivity index (χ2n) is 13.2. The smallest absolute Gasteiger partial charge is 0.359 e. The molecule has 5 N–H and O–H groups in total. The number of nitrogens with one attached hydrogen (secondary N) is 5. The topological polar surface area (TPSA) is 96.0 Å². The Morgan fingerprint density at radius 1 is 0.571 bits per heavy atom. The summed E-state index contributed by atoms with van der Waals surface area (Å²) in [4.78, 5) is 4.13. The summed E-state index contributed by atoms with van der Waals surface area (Å²) in [6.07, 6.45) is 27.8. The molecule has 2 aliphatic heterocycles. The van der Waals surface area contributed by atoms with Gasteiger partial charge in [0.2, 0.25) is 0 Å². The molecule has 42 heavy (non-hydrogen) atoms. The minimum absolute atomic E-state index is 0. The van der Waals surface area contributed by atoms with Crippen molar-refractivity contribution in [1.29, 1.82) is 0 Å². The van der Waals surface area contributed by atoms with Crippen LogP contribution in [0.4, 0.5) is 0 Å². The number of hydrogen-bond acceptors (Lipinski definition) is 4. The fourth-order valence-electron chi connectivity index (χ4n) is 7.38. The maximum absolute atomic E-state index is 7.11. The third-order valence-electron chi connectivity index (χ3n) is 9.50.